The highest BCUT2D eigenvalue weighted by Gasteiger charge is 2.34. The second kappa shape index (κ2) is 4.88. The van der Waals surface area contributed by atoms with Crippen molar-refractivity contribution in [3.63, 3.8) is 0 Å². The van der Waals surface area contributed by atoms with Gasteiger partial charge in [-0.05, 0) is 32.9 Å². The fourth-order valence-corrected chi connectivity index (χ4v) is 2.68. The van der Waals surface area contributed by atoms with Crippen LogP contribution in [0, 0.1) is 5.39 Å². The minimum absolute atomic E-state index is 0.0172. The summed E-state index contributed by atoms with van der Waals surface area (Å²) in [4.78, 5) is 3.44. The largest absolute Gasteiger partial charge is 0.385 e. The number of nitrogens with zero attached hydrogens (tertiary/aromatic N) is 2. The fraction of sp³-hybridized carbons (Fsp3) is 0.667. The average Bonchev–Trinajstić information content (AvgIpc) is 2.23. The van der Waals surface area contributed by atoms with Gasteiger partial charge in [0.25, 0.3) is 0 Å². The number of benzene rings is 1. The maximum atomic E-state index is 9.24. The van der Waals surface area contributed by atoms with Gasteiger partial charge in [0, 0.05) is 12.1 Å². The fourth-order valence-electron chi connectivity index (χ4n) is 2.68. The molecule has 0 radical (unpaired) electrons. The Kier molecular flexibility index (Phi) is 4.07. The van der Waals surface area contributed by atoms with Gasteiger partial charge in [-0.15, -0.1) is 0 Å². The summed E-state index contributed by atoms with van der Waals surface area (Å²) < 4.78 is 0. The molecule has 1 rings (SSSR count). The quantitative estimate of drug-likeness (QED) is 0.528. The highest BCUT2D eigenvalue weighted by Crippen LogP contribution is 2.42. The van der Waals surface area contributed by atoms with Crippen molar-refractivity contribution in [2.75, 3.05) is 0 Å². The predicted octanol–water partition coefficient (Wildman–Crippen LogP) is 6.06. The van der Waals surface area contributed by atoms with Crippen LogP contribution in [-0.2, 0) is 16.2 Å². The summed E-state index contributed by atoms with van der Waals surface area (Å²) >= 11 is 0. The Balaban J connectivity index is 3.89. The normalized spacial score (nSPS) is 13.2. The van der Waals surface area contributed by atoms with Crippen LogP contribution < -0.4 is 0 Å². The molecule has 20 heavy (non-hydrogen) atoms. The minimum atomic E-state index is 0.0172. The van der Waals surface area contributed by atoms with Crippen LogP contribution in [0.4, 0.5) is 5.69 Å². The summed E-state index contributed by atoms with van der Waals surface area (Å²) in [6.07, 6.45) is 0. The molecule has 2 nitrogen and oxygen atoms in total. The van der Waals surface area contributed by atoms with E-state index in [-0.39, 0.29) is 16.2 Å². The first-order chi connectivity index (χ1) is 8.78. The SMILES string of the molecule is CC(C)(C)c1cc([N+]#N)cc(C(C)(C)C)c1C(C)(C)C. The molecule has 0 bridgehead atoms. The number of rotatable bonds is 0. The van der Waals surface area contributed by atoms with Crippen LogP contribution in [0.15, 0.2) is 12.1 Å². The minimum Gasteiger partial charge on any atom is -0.0561 e. The van der Waals surface area contributed by atoms with E-state index in [9.17, 15) is 5.39 Å². The van der Waals surface area contributed by atoms with Crippen molar-refractivity contribution in [2.45, 2.75) is 78.6 Å². The van der Waals surface area contributed by atoms with Gasteiger partial charge in [0.15, 0.2) is 4.98 Å². The monoisotopic (exact) mass is 273 g/mol. The van der Waals surface area contributed by atoms with Crippen molar-refractivity contribution in [2.24, 2.45) is 0 Å². The van der Waals surface area contributed by atoms with E-state index in [1.807, 2.05) is 12.1 Å². The van der Waals surface area contributed by atoms with Gasteiger partial charge in [0.1, 0.15) is 0 Å². The van der Waals surface area contributed by atoms with E-state index in [1.54, 1.807) is 0 Å². The lowest BCUT2D eigenvalue weighted by Gasteiger charge is -2.35. The maximum Gasteiger partial charge on any atom is 0.385 e. The molecule has 0 saturated heterocycles. The molecule has 0 spiro atoms. The molecule has 0 aromatic heterocycles. The van der Waals surface area contributed by atoms with Crippen molar-refractivity contribution in [1.82, 2.24) is 0 Å². The van der Waals surface area contributed by atoms with E-state index in [0.717, 1.165) is 0 Å². The number of hydrogen-bond donors (Lipinski definition) is 0. The van der Waals surface area contributed by atoms with Gasteiger partial charge in [-0.1, -0.05) is 62.3 Å². The first-order valence-corrected chi connectivity index (χ1v) is 7.33. The van der Waals surface area contributed by atoms with Crippen LogP contribution in [-0.4, -0.2) is 0 Å². The Hall–Kier alpha value is -1.36. The van der Waals surface area contributed by atoms with Crippen LogP contribution in [0.1, 0.15) is 79.0 Å². The molecule has 0 aliphatic heterocycles. The third-order valence-corrected chi connectivity index (χ3v) is 3.60. The van der Waals surface area contributed by atoms with E-state index >= 15 is 0 Å². The average molecular weight is 273 g/mol. The van der Waals surface area contributed by atoms with Gasteiger partial charge in [-0.3, -0.25) is 0 Å². The van der Waals surface area contributed by atoms with Gasteiger partial charge in [-0.2, -0.15) is 0 Å². The topological polar surface area (TPSA) is 28.1 Å². The molecule has 0 fully saturated rings. The van der Waals surface area contributed by atoms with Crippen LogP contribution in [0.2, 0.25) is 0 Å². The molecular formula is C18H29N2+. The molecule has 0 atom stereocenters. The molecule has 2 heteroatoms. The molecule has 0 aliphatic rings. The third kappa shape index (κ3) is 3.39. The van der Waals surface area contributed by atoms with Crippen LogP contribution >= 0.6 is 0 Å². The van der Waals surface area contributed by atoms with E-state index in [4.69, 9.17) is 0 Å². The molecule has 0 saturated carbocycles. The molecule has 0 aliphatic carbocycles. The lowest BCUT2D eigenvalue weighted by molar-refractivity contribution is 0.498. The van der Waals surface area contributed by atoms with Crippen LogP contribution in [0.25, 0.3) is 4.98 Å². The van der Waals surface area contributed by atoms with Gasteiger partial charge >= 0.3 is 5.69 Å². The van der Waals surface area contributed by atoms with Gasteiger partial charge in [0.2, 0.25) is 5.39 Å². The summed E-state index contributed by atoms with van der Waals surface area (Å²) in [7, 11) is 0. The highest BCUT2D eigenvalue weighted by atomic mass is 14.8. The molecule has 0 N–H and O–H groups in total. The summed E-state index contributed by atoms with van der Waals surface area (Å²) in [5.41, 5.74) is 4.65. The predicted molar refractivity (Wildman–Crippen MR) is 87.3 cm³/mol. The molecular weight excluding hydrogens is 244 g/mol. The number of diazo groups is 1. The molecule has 110 valence electrons. The Labute approximate surface area is 124 Å². The van der Waals surface area contributed by atoms with Crippen molar-refractivity contribution in [3.8, 4) is 0 Å². The Morgan fingerprint density at radius 2 is 1.05 bits per heavy atom. The van der Waals surface area contributed by atoms with E-state index < -0.39 is 0 Å². The summed E-state index contributed by atoms with van der Waals surface area (Å²) in [5, 5.41) is 9.24. The molecule has 1 aromatic carbocycles. The Morgan fingerprint density at radius 1 is 0.700 bits per heavy atom. The molecule has 0 unspecified atom stereocenters. The van der Waals surface area contributed by atoms with Gasteiger partial charge < -0.3 is 0 Å². The first-order valence-electron chi connectivity index (χ1n) is 7.33. The van der Waals surface area contributed by atoms with Gasteiger partial charge in [0.05, 0.1) is 0 Å². The number of hydrogen-bond acceptors (Lipinski definition) is 1. The second-order valence-corrected chi connectivity index (χ2v) is 8.77. The van der Waals surface area contributed by atoms with Crippen molar-refractivity contribution >= 4 is 5.69 Å². The Morgan fingerprint density at radius 3 is 1.25 bits per heavy atom. The van der Waals surface area contributed by atoms with E-state index in [1.165, 1.54) is 16.7 Å². The molecule has 0 amide bonds. The molecule has 1 aromatic rings. The Bertz CT molecular complexity index is 506. The van der Waals surface area contributed by atoms with Crippen molar-refractivity contribution in [3.05, 3.63) is 33.8 Å². The second-order valence-electron chi connectivity index (χ2n) is 8.77. The summed E-state index contributed by atoms with van der Waals surface area (Å²) in [6.45, 7) is 20.0. The van der Waals surface area contributed by atoms with Crippen molar-refractivity contribution in [1.29, 1.82) is 5.39 Å². The third-order valence-electron chi connectivity index (χ3n) is 3.60. The standard InChI is InChI=1S/C18H29N2/c1-16(2,3)13-10-12(20-19)11-14(17(4,5)6)15(13)18(7,8)9/h10-11H,1-9H3/q+1. The summed E-state index contributed by atoms with van der Waals surface area (Å²) in [5.74, 6) is 0. The smallest absolute Gasteiger partial charge is 0.0561 e. The van der Waals surface area contributed by atoms with E-state index in [2.05, 4.69) is 67.3 Å². The van der Waals surface area contributed by atoms with E-state index in [0.29, 0.717) is 5.69 Å². The summed E-state index contributed by atoms with van der Waals surface area (Å²) in [6, 6.07) is 4.05. The molecule has 0 heterocycles. The van der Waals surface area contributed by atoms with Crippen LogP contribution in [0.5, 0.6) is 0 Å². The lowest BCUT2D eigenvalue weighted by atomic mass is 9.68. The zero-order chi connectivity index (χ0) is 15.9. The lowest BCUT2D eigenvalue weighted by Crippen LogP contribution is -2.27. The van der Waals surface area contributed by atoms with Crippen LogP contribution in [0.3, 0.4) is 0 Å². The highest BCUT2D eigenvalue weighted by molar-refractivity contribution is 5.58. The first kappa shape index (κ1) is 16.7. The zero-order valence-corrected chi connectivity index (χ0v) is 14.5. The maximum absolute atomic E-state index is 9.24. The zero-order valence-electron chi connectivity index (χ0n) is 14.5. The van der Waals surface area contributed by atoms with Gasteiger partial charge in [-0.25, -0.2) is 0 Å². The van der Waals surface area contributed by atoms with Crippen molar-refractivity contribution < 1.29 is 0 Å².